The van der Waals surface area contributed by atoms with E-state index in [4.69, 9.17) is 20.3 Å². The normalized spacial score (nSPS) is 9.06. The number of carbonyl (C=O) groups is 2. The minimum absolute atomic E-state index is 0. The summed E-state index contributed by atoms with van der Waals surface area (Å²) in [5.41, 5.74) is 2.27. The van der Waals surface area contributed by atoms with Gasteiger partial charge in [0, 0.05) is 25.8 Å². The summed E-state index contributed by atoms with van der Waals surface area (Å²) in [6, 6.07) is 9.16. The number of hydrogen-bond acceptors (Lipinski definition) is 7. The first kappa shape index (κ1) is 38.9. The van der Waals surface area contributed by atoms with Crippen molar-refractivity contribution < 1.29 is 62.7 Å². The number of carboxylic acid groups (broad SMARTS) is 2. The fourth-order valence-corrected chi connectivity index (χ4v) is 2.45. The van der Waals surface area contributed by atoms with Crippen LogP contribution in [0.4, 0.5) is 0 Å². The Morgan fingerprint density at radius 1 is 0.889 bits per heavy atom. The molecule has 4 N–H and O–H groups in total. The van der Waals surface area contributed by atoms with Crippen molar-refractivity contribution in [2.45, 2.75) is 33.6 Å². The van der Waals surface area contributed by atoms with Crippen LogP contribution in [0.3, 0.4) is 0 Å². The van der Waals surface area contributed by atoms with Gasteiger partial charge in [-0.15, -0.1) is 0 Å². The van der Waals surface area contributed by atoms with E-state index >= 15 is 0 Å². The number of unbranched alkanes of at least 4 members (excludes halogenated alkanes) is 1. The molecule has 0 spiro atoms. The average Bonchev–Trinajstić information content (AvgIpc) is 2.82. The molecule has 0 radical (unpaired) electrons. The minimum Gasteiger partial charge on any atom is -0.478 e. The number of hydrogen-bond donors (Lipinski definition) is 4. The van der Waals surface area contributed by atoms with Crippen LogP contribution in [0.2, 0.25) is 0 Å². The van der Waals surface area contributed by atoms with Crippen LogP contribution in [-0.2, 0) is 14.0 Å². The molecule has 2 aromatic rings. The van der Waals surface area contributed by atoms with E-state index in [0.717, 1.165) is 16.5 Å². The Labute approximate surface area is 234 Å². The van der Waals surface area contributed by atoms with Crippen LogP contribution in [0, 0.1) is 20.8 Å². The van der Waals surface area contributed by atoms with Gasteiger partial charge in [0.15, 0.2) is 0 Å². The van der Waals surface area contributed by atoms with Gasteiger partial charge in [-0.05, 0) is 49.1 Å². The van der Waals surface area contributed by atoms with Crippen molar-refractivity contribution in [3.8, 4) is 0 Å². The van der Waals surface area contributed by atoms with Gasteiger partial charge < -0.3 is 41.1 Å². The van der Waals surface area contributed by atoms with Crippen molar-refractivity contribution in [3.63, 3.8) is 0 Å². The maximum absolute atomic E-state index is 10.5. The zero-order chi connectivity index (χ0) is 27.6. The van der Waals surface area contributed by atoms with Gasteiger partial charge in [0.05, 0.1) is 11.1 Å². The standard InChI is InChI=1S/C8H9BO4.C8H7BrO2.C4H9.C3H9BO3.Li/c1-5-2-3-6(8(10)11)4-7(5)9(12)13;1-5-2-3-6(8(10)11)4-7(5)9;1-3-4-2;1-5-4(6-2)7-3;/h2-4,12-13H,1H3,(H,10,11);2-4H,1H3,(H,10,11);1,3-4H2,2H3;1-3H3;/q;;-1;;+1. The maximum atomic E-state index is 10.5. The first-order valence-electron chi connectivity index (χ1n) is 10.5. The molecule has 0 atom stereocenters. The second-order valence-electron chi connectivity index (χ2n) is 6.87. The Bertz CT molecular complexity index is 890. The van der Waals surface area contributed by atoms with Crippen LogP contribution in [0.15, 0.2) is 40.9 Å². The van der Waals surface area contributed by atoms with Crippen LogP contribution in [0.5, 0.6) is 0 Å². The number of rotatable bonds is 7. The molecule has 0 bridgehead atoms. The minimum atomic E-state index is -1.63. The number of halogens is 1. The summed E-state index contributed by atoms with van der Waals surface area (Å²) in [5.74, 6) is -1.98. The van der Waals surface area contributed by atoms with Crippen molar-refractivity contribution in [1.29, 1.82) is 0 Å². The Kier molecular flexibility index (Phi) is 24.4. The first-order chi connectivity index (χ1) is 16.4. The number of aromatic carboxylic acids is 2. The van der Waals surface area contributed by atoms with E-state index in [2.05, 4.69) is 43.7 Å². The van der Waals surface area contributed by atoms with Gasteiger partial charge in [0.2, 0.25) is 0 Å². The molecular formula is C23H34B2BrLiO9. The van der Waals surface area contributed by atoms with Gasteiger partial charge in [-0.3, -0.25) is 0 Å². The number of aryl methyl sites for hydroxylation is 2. The summed E-state index contributed by atoms with van der Waals surface area (Å²) in [5, 5.41) is 34.9. The SMILES string of the molecule is COB(OC)OC.Cc1ccc(C(=O)O)cc1B(O)O.Cc1ccc(C(=O)O)cc1Br.[CH2-]CCC.[Li+]. The Morgan fingerprint density at radius 3 is 1.56 bits per heavy atom. The Morgan fingerprint density at radius 2 is 1.28 bits per heavy atom. The Hall–Kier alpha value is -1.61. The second-order valence-corrected chi connectivity index (χ2v) is 7.72. The van der Waals surface area contributed by atoms with Crippen LogP contribution in [0.1, 0.15) is 51.6 Å². The van der Waals surface area contributed by atoms with Crippen molar-refractivity contribution in [1.82, 2.24) is 0 Å². The van der Waals surface area contributed by atoms with Crippen molar-refractivity contribution in [2.75, 3.05) is 21.3 Å². The molecule has 13 heteroatoms. The van der Waals surface area contributed by atoms with Crippen LogP contribution < -0.4 is 24.3 Å². The van der Waals surface area contributed by atoms with Gasteiger partial charge in [0.25, 0.3) is 0 Å². The molecule has 0 aliphatic rings. The molecule has 194 valence electrons. The smallest absolute Gasteiger partial charge is 0.478 e. The molecule has 0 heterocycles. The zero-order valence-corrected chi connectivity index (χ0v) is 23.5. The third-order valence-electron chi connectivity index (χ3n) is 4.15. The maximum Gasteiger partial charge on any atom is 1.00 e. The molecule has 9 nitrogen and oxygen atoms in total. The van der Waals surface area contributed by atoms with Gasteiger partial charge in [-0.2, -0.15) is 6.42 Å². The number of benzene rings is 2. The predicted octanol–water partition coefficient (Wildman–Crippen LogP) is 0.364. The topological polar surface area (TPSA) is 143 Å². The number of carboxylic acids is 2. The van der Waals surface area contributed by atoms with Crippen LogP contribution in [0.25, 0.3) is 0 Å². The second kappa shape index (κ2) is 22.6. The van der Waals surface area contributed by atoms with Gasteiger partial charge >= 0.3 is 45.2 Å². The first-order valence-corrected chi connectivity index (χ1v) is 11.3. The summed E-state index contributed by atoms with van der Waals surface area (Å²) >= 11 is 3.25. The van der Waals surface area contributed by atoms with E-state index in [1.807, 2.05) is 6.92 Å². The summed E-state index contributed by atoms with van der Waals surface area (Å²) < 4.78 is 14.6. The fourth-order valence-electron chi connectivity index (χ4n) is 2.07. The summed E-state index contributed by atoms with van der Waals surface area (Å²) in [6.07, 6.45) is 2.28. The van der Waals surface area contributed by atoms with Crippen molar-refractivity contribution in [2.24, 2.45) is 0 Å². The Balaban J connectivity index is -0.000000431. The fraction of sp³-hybridized carbons (Fsp3) is 0.348. The van der Waals surface area contributed by atoms with Gasteiger partial charge in [-0.25, -0.2) is 9.59 Å². The molecule has 0 aromatic heterocycles. The predicted molar refractivity (Wildman–Crippen MR) is 141 cm³/mol. The van der Waals surface area contributed by atoms with E-state index in [0.29, 0.717) is 11.1 Å². The summed E-state index contributed by atoms with van der Waals surface area (Å²) in [7, 11) is 2.40. The van der Waals surface area contributed by atoms with Crippen LogP contribution in [-0.4, -0.2) is 68.0 Å². The molecule has 0 aliphatic carbocycles. The third kappa shape index (κ3) is 16.9. The zero-order valence-electron chi connectivity index (χ0n) is 21.9. The van der Waals surface area contributed by atoms with Crippen LogP contribution >= 0.6 is 15.9 Å². The van der Waals surface area contributed by atoms with E-state index in [-0.39, 0.29) is 29.9 Å². The van der Waals surface area contributed by atoms with E-state index in [1.165, 1.54) is 45.9 Å². The monoisotopic (exact) mass is 562 g/mol. The molecule has 0 aliphatic heterocycles. The molecule has 0 unspecified atom stereocenters. The largest absolute Gasteiger partial charge is 1.00 e. The molecule has 0 saturated carbocycles. The molecule has 0 fully saturated rings. The van der Waals surface area contributed by atoms with E-state index in [1.54, 1.807) is 25.1 Å². The van der Waals surface area contributed by atoms with Crippen molar-refractivity contribution >= 4 is 47.8 Å². The molecule has 2 aromatic carbocycles. The van der Waals surface area contributed by atoms with E-state index < -0.39 is 26.4 Å². The van der Waals surface area contributed by atoms with Crippen molar-refractivity contribution in [3.05, 3.63) is 70.0 Å². The molecule has 2 rings (SSSR count). The van der Waals surface area contributed by atoms with Gasteiger partial charge in [0.1, 0.15) is 0 Å². The summed E-state index contributed by atoms with van der Waals surface area (Å²) in [6.45, 7) is 9.32. The quantitative estimate of drug-likeness (QED) is 0.278. The van der Waals surface area contributed by atoms with E-state index in [9.17, 15) is 9.59 Å². The average molecular weight is 563 g/mol. The molecular weight excluding hydrogens is 529 g/mol. The van der Waals surface area contributed by atoms with Gasteiger partial charge in [-0.1, -0.05) is 47.0 Å². The molecule has 0 amide bonds. The molecule has 0 saturated heterocycles. The summed E-state index contributed by atoms with van der Waals surface area (Å²) in [4.78, 5) is 21.0. The third-order valence-corrected chi connectivity index (χ3v) is 5.01. The molecule has 36 heavy (non-hydrogen) atoms.